The molecule has 0 fully saturated rings. The SMILES string of the molecule is Cc1cc(F)ccc1CNc1cnccc1Cl. The predicted molar refractivity (Wildman–Crippen MR) is 67.7 cm³/mol. The number of halogens is 2. The van der Waals surface area contributed by atoms with Crippen LogP contribution in [0.4, 0.5) is 10.1 Å². The first-order chi connectivity index (χ1) is 8.16. The zero-order valence-electron chi connectivity index (χ0n) is 9.37. The minimum atomic E-state index is -0.217. The second-order valence-electron chi connectivity index (χ2n) is 3.78. The van der Waals surface area contributed by atoms with E-state index in [4.69, 9.17) is 11.6 Å². The van der Waals surface area contributed by atoms with E-state index in [0.29, 0.717) is 11.6 Å². The van der Waals surface area contributed by atoms with Crippen LogP contribution in [0.2, 0.25) is 5.02 Å². The van der Waals surface area contributed by atoms with Crippen LogP contribution in [0.25, 0.3) is 0 Å². The Bertz CT molecular complexity index is 529. The smallest absolute Gasteiger partial charge is 0.123 e. The first-order valence-electron chi connectivity index (χ1n) is 5.25. The van der Waals surface area contributed by atoms with Gasteiger partial charge < -0.3 is 5.32 Å². The third kappa shape index (κ3) is 2.94. The molecule has 0 atom stereocenters. The number of aryl methyl sites for hydroxylation is 1. The Labute approximate surface area is 104 Å². The summed E-state index contributed by atoms with van der Waals surface area (Å²) in [5.41, 5.74) is 2.72. The molecule has 0 radical (unpaired) electrons. The fraction of sp³-hybridized carbons (Fsp3) is 0.154. The number of aromatic nitrogens is 1. The Morgan fingerprint density at radius 3 is 2.88 bits per heavy atom. The Balaban J connectivity index is 2.10. The van der Waals surface area contributed by atoms with Gasteiger partial charge in [-0.3, -0.25) is 4.98 Å². The van der Waals surface area contributed by atoms with E-state index in [9.17, 15) is 4.39 Å². The van der Waals surface area contributed by atoms with Crippen molar-refractivity contribution in [3.63, 3.8) is 0 Å². The van der Waals surface area contributed by atoms with Gasteiger partial charge in [-0.05, 0) is 36.2 Å². The molecule has 1 N–H and O–H groups in total. The number of benzene rings is 1. The van der Waals surface area contributed by atoms with Crippen molar-refractivity contribution in [3.8, 4) is 0 Å². The molecule has 0 spiro atoms. The van der Waals surface area contributed by atoms with Gasteiger partial charge in [0.15, 0.2) is 0 Å². The molecular weight excluding hydrogens is 239 g/mol. The molecule has 0 aliphatic carbocycles. The molecule has 1 aromatic carbocycles. The van der Waals surface area contributed by atoms with Gasteiger partial charge in [-0.25, -0.2) is 4.39 Å². The van der Waals surface area contributed by atoms with E-state index in [0.717, 1.165) is 16.8 Å². The molecule has 0 saturated carbocycles. The fourth-order valence-corrected chi connectivity index (χ4v) is 1.73. The van der Waals surface area contributed by atoms with E-state index in [-0.39, 0.29) is 5.82 Å². The molecule has 2 aromatic rings. The molecule has 88 valence electrons. The van der Waals surface area contributed by atoms with Crippen LogP contribution in [0.5, 0.6) is 0 Å². The first kappa shape index (κ1) is 11.9. The highest BCUT2D eigenvalue weighted by molar-refractivity contribution is 6.33. The molecule has 0 aliphatic heterocycles. The highest BCUT2D eigenvalue weighted by atomic mass is 35.5. The second-order valence-corrected chi connectivity index (χ2v) is 4.19. The van der Waals surface area contributed by atoms with Crippen LogP contribution in [0.15, 0.2) is 36.7 Å². The lowest BCUT2D eigenvalue weighted by atomic mass is 10.1. The lowest BCUT2D eigenvalue weighted by Gasteiger charge is -2.09. The topological polar surface area (TPSA) is 24.9 Å². The zero-order chi connectivity index (χ0) is 12.3. The molecule has 1 aromatic heterocycles. The standard InChI is InChI=1S/C13H12ClFN2/c1-9-6-11(15)3-2-10(9)7-17-13-8-16-5-4-12(13)14/h2-6,8,17H,7H2,1H3. The van der Waals surface area contributed by atoms with Crippen molar-refractivity contribution in [3.05, 3.63) is 58.6 Å². The molecule has 1 heterocycles. The van der Waals surface area contributed by atoms with Gasteiger partial charge in [-0.2, -0.15) is 0 Å². The number of hydrogen-bond donors (Lipinski definition) is 1. The minimum absolute atomic E-state index is 0.217. The van der Waals surface area contributed by atoms with Crippen LogP contribution in [0, 0.1) is 12.7 Å². The summed E-state index contributed by atoms with van der Waals surface area (Å²) in [5, 5.41) is 3.80. The van der Waals surface area contributed by atoms with Crippen molar-refractivity contribution in [1.82, 2.24) is 4.98 Å². The zero-order valence-corrected chi connectivity index (χ0v) is 10.1. The molecule has 4 heteroatoms. The fourth-order valence-electron chi connectivity index (χ4n) is 1.56. The summed E-state index contributed by atoms with van der Waals surface area (Å²) in [6.45, 7) is 2.47. The van der Waals surface area contributed by atoms with Crippen molar-refractivity contribution >= 4 is 17.3 Å². The summed E-state index contributed by atoms with van der Waals surface area (Å²) in [6.07, 6.45) is 3.30. The van der Waals surface area contributed by atoms with Crippen molar-refractivity contribution in [2.75, 3.05) is 5.32 Å². The number of pyridine rings is 1. The average Bonchev–Trinajstić information content (AvgIpc) is 2.30. The van der Waals surface area contributed by atoms with Crippen LogP contribution in [0.3, 0.4) is 0 Å². The third-order valence-corrected chi connectivity index (χ3v) is 2.87. The van der Waals surface area contributed by atoms with Crippen molar-refractivity contribution < 1.29 is 4.39 Å². The van der Waals surface area contributed by atoms with Crippen LogP contribution < -0.4 is 5.32 Å². The van der Waals surface area contributed by atoms with Crippen LogP contribution >= 0.6 is 11.6 Å². The summed E-state index contributed by atoms with van der Waals surface area (Å²) < 4.78 is 12.9. The van der Waals surface area contributed by atoms with Crippen LogP contribution in [-0.2, 0) is 6.54 Å². The number of nitrogens with zero attached hydrogens (tertiary/aromatic N) is 1. The first-order valence-corrected chi connectivity index (χ1v) is 5.63. The second kappa shape index (κ2) is 5.15. The molecule has 0 bridgehead atoms. The van der Waals surface area contributed by atoms with E-state index < -0.39 is 0 Å². The summed E-state index contributed by atoms with van der Waals surface area (Å²) in [4.78, 5) is 3.99. The van der Waals surface area contributed by atoms with Gasteiger partial charge in [-0.15, -0.1) is 0 Å². The molecule has 2 rings (SSSR count). The Morgan fingerprint density at radius 2 is 2.18 bits per heavy atom. The Morgan fingerprint density at radius 1 is 1.35 bits per heavy atom. The summed E-state index contributed by atoms with van der Waals surface area (Å²) in [5.74, 6) is -0.217. The summed E-state index contributed by atoms with van der Waals surface area (Å²) >= 11 is 5.99. The number of hydrogen-bond acceptors (Lipinski definition) is 2. The number of nitrogens with one attached hydrogen (secondary N) is 1. The molecule has 0 unspecified atom stereocenters. The maximum absolute atomic E-state index is 12.9. The summed E-state index contributed by atoms with van der Waals surface area (Å²) in [6, 6.07) is 6.46. The number of rotatable bonds is 3. The van der Waals surface area contributed by atoms with Crippen LogP contribution in [-0.4, -0.2) is 4.98 Å². The van der Waals surface area contributed by atoms with Gasteiger partial charge in [0, 0.05) is 12.7 Å². The van der Waals surface area contributed by atoms with Crippen molar-refractivity contribution in [1.29, 1.82) is 0 Å². The summed E-state index contributed by atoms with van der Waals surface area (Å²) in [7, 11) is 0. The van der Waals surface area contributed by atoms with E-state index >= 15 is 0 Å². The molecule has 0 amide bonds. The monoisotopic (exact) mass is 250 g/mol. The minimum Gasteiger partial charge on any atom is -0.379 e. The predicted octanol–water partition coefficient (Wildman–Crippen LogP) is 3.79. The molecule has 0 aliphatic rings. The van der Waals surface area contributed by atoms with Gasteiger partial charge in [-0.1, -0.05) is 17.7 Å². The third-order valence-electron chi connectivity index (χ3n) is 2.54. The molecule has 17 heavy (non-hydrogen) atoms. The van der Waals surface area contributed by atoms with Gasteiger partial charge in [0.2, 0.25) is 0 Å². The van der Waals surface area contributed by atoms with E-state index in [2.05, 4.69) is 10.3 Å². The Hall–Kier alpha value is -1.61. The van der Waals surface area contributed by atoms with E-state index in [1.165, 1.54) is 12.1 Å². The van der Waals surface area contributed by atoms with Gasteiger partial charge in [0.25, 0.3) is 0 Å². The van der Waals surface area contributed by atoms with Gasteiger partial charge in [0.1, 0.15) is 5.82 Å². The molecular formula is C13H12ClFN2. The molecule has 2 nitrogen and oxygen atoms in total. The lowest BCUT2D eigenvalue weighted by Crippen LogP contribution is -2.02. The van der Waals surface area contributed by atoms with E-state index in [1.54, 1.807) is 24.5 Å². The average molecular weight is 251 g/mol. The van der Waals surface area contributed by atoms with E-state index in [1.807, 2.05) is 6.92 Å². The number of anilines is 1. The van der Waals surface area contributed by atoms with Crippen molar-refractivity contribution in [2.45, 2.75) is 13.5 Å². The lowest BCUT2D eigenvalue weighted by molar-refractivity contribution is 0.625. The van der Waals surface area contributed by atoms with Gasteiger partial charge >= 0.3 is 0 Å². The largest absolute Gasteiger partial charge is 0.379 e. The maximum atomic E-state index is 12.9. The maximum Gasteiger partial charge on any atom is 0.123 e. The van der Waals surface area contributed by atoms with Crippen molar-refractivity contribution in [2.24, 2.45) is 0 Å². The van der Waals surface area contributed by atoms with Crippen LogP contribution in [0.1, 0.15) is 11.1 Å². The normalized spacial score (nSPS) is 10.3. The van der Waals surface area contributed by atoms with Gasteiger partial charge in [0.05, 0.1) is 16.9 Å². The Kier molecular flexibility index (Phi) is 3.59. The highest BCUT2D eigenvalue weighted by Crippen LogP contribution is 2.20. The molecule has 0 saturated heterocycles. The highest BCUT2D eigenvalue weighted by Gasteiger charge is 2.02. The quantitative estimate of drug-likeness (QED) is 0.896.